The summed E-state index contributed by atoms with van der Waals surface area (Å²) in [5.41, 5.74) is 1.13. The third-order valence-electron chi connectivity index (χ3n) is 1.47. The monoisotopic (exact) mass is 157 g/mol. The van der Waals surface area contributed by atoms with Gasteiger partial charge in [0.05, 0.1) is 0 Å². The molecule has 0 fully saturated rings. The van der Waals surface area contributed by atoms with E-state index in [1.54, 1.807) is 10.4 Å². The molecule has 0 saturated carbocycles. The van der Waals surface area contributed by atoms with Crippen molar-refractivity contribution in [2.24, 2.45) is 5.84 Å². The molecule has 0 aliphatic carbocycles. The zero-order valence-electron chi connectivity index (χ0n) is 5.87. The largest absolute Gasteiger partial charge is 0.362 e. The SMILES string of the molecule is CCC1=CN(N)[C@H](C=S)N1. The maximum absolute atomic E-state index is 5.55. The normalized spacial score (nSPS) is 24.0. The highest BCUT2D eigenvalue weighted by Gasteiger charge is 2.16. The molecule has 0 aromatic heterocycles. The van der Waals surface area contributed by atoms with Gasteiger partial charge < -0.3 is 5.32 Å². The number of hydrogen-bond donors (Lipinski definition) is 2. The molecule has 1 aliphatic rings. The van der Waals surface area contributed by atoms with Crippen LogP contribution < -0.4 is 11.2 Å². The van der Waals surface area contributed by atoms with Crippen molar-refractivity contribution in [3.8, 4) is 0 Å². The van der Waals surface area contributed by atoms with E-state index < -0.39 is 0 Å². The van der Waals surface area contributed by atoms with Crippen LogP contribution in [0.1, 0.15) is 13.3 Å². The highest BCUT2D eigenvalue weighted by atomic mass is 32.1. The fourth-order valence-electron chi connectivity index (χ4n) is 0.860. The van der Waals surface area contributed by atoms with E-state index in [0.29, 0.717) is 0 Å². The quantitative estimate of drug-likeness (QED) is 0.448. The van der Waals surface area contributed by atoms with Crippen LogP contribution in [0.4, 0.5) is 0 Å². The molecular weight excluding hydrogens is 146 g/mol. The van der Waals surface area contributed by atoms with Gasteiger partial charge in [-0.15, -0.1) is 0 Å². The van der Waals surface area contributed by atoms with Crippen molar-refractivity contribution < 1.29 is 0 Å². The molecule has 0 aromatic rings. The first-order valence-corrected chi connectivity index (χ1v) is 3.70. The summed E-state index contributed by atoms with van der Waals surface area (Å²) in [6.45, 7) is 2.07. The van der Waals surface area contributed by atoms with E-state index in [1.807, 2.05) is 6.20 Å². The predicted molar refractivity (Wildman–Crippen MR) is 45.0 cm³/mol. The highest BCUT2D eigenvalue weighted by Crippen LogP contribution is 2.07. The molecule has 3 nitrogen and oxygen atoms in total. The van der Waals surface area contributed by atoms with Crippen molar-refractivity contribution in [2.75, 3.05) is 0 Å². The number of hydrogen-bond acceptors (Lipinski definition) is 4. The maximum Gasteiger partial charge on any atom is 0.142 e. The van der Waals surface area contributed by atoms with Gasteiger partial charge in [0.15, 0.2) is 0 Å². The molecule has 56 valence electrons. The Morgan fingerprint density at radius 3 is 3.00 bits per heavy atom. The van der Waals surface area contributed by atoms with Crippen LogP contribution in [0.5, 0.6) is 0 Å². The molecule has 0 unspecified atom stereocenters. The molecule has 1 rings (SSSR count). The lowest BCUT2D eigenvalue weighted by Crippen LogP contribution is -2.40. The molecule has 10 heavy (non-hydrogen) atoms. The number of thiocarbonyl (C=S) groups is 1. The third-order valence-corrected chi connectivity index (χ3v) is 1.73. The van der Waals surface area contributed by atoms with Gasteiger partial charge in [-0.25, -0.2) is 5.84 Å². The second-order valence-electron chi connectivity index (χ2n) is 2.18. The van der Waals surface area contributed by atoms with E-state index in [-0.39, 0.29) is 6.17 Å². The summed E-state index contributed by atoms with van der Waals surface area (Å²) in [5.74, 6) is 5.55. The minimum atomic E-state index is 0.00458. The molecule has 4 heteroatoms. The van der Waals surface area contributed by atoms with Crippen LogP contribution in [0.3, 0.4) is 0 Å². The van der Waals surface area contributed by atoms with E-state index in [1.165, 1.54) is 0 Å². The molecule has 0 saturated heterocycles. The number of nitrogens with two attached hydrogens (primary N) is 1. The summed E-state index contributed by atoms with van der Waals surface area (Å²) < 4.78 is 0. The van der Waals surface area contributed by atoms with Crippen molar-refractivity contribution >= 4 is 17.6 Å². The standard InChI is InChI=1S/C6H11N3S/c1-2-5-3-9(7)6(4-10)8-5/h3-4,6,8H,2,7H2,1H3/t6-/m1/s1. The van der Waals surface area contributed by atoms with E-state index in [2.05, 4.69) is 12.2 Å². The van der Waals surface area contributed by atoms with Gasteiger partial charge in [0.2, 0.25) is 0 Å². The highest BCUT2D eigenvalue weighted by molar-refractivity contribution is 7.79. The molecule has 0 amide bonds. The van der Waals surface area contributed by atoms with Crippen molar-refractivity contribution in [1.82, 2.24) is 10.3 Å². The number of hydrazine groups is 1. The van der Waals surface area contributed by atoms with Crippen LogP contribution >= 0.6 is 12.2 Å². The Morgan fingerprint density at radius 1 is 2.00 bits per heavy atom. The Balaban J connectivity index is 2.56. The minimum absolute atomic E-state index is 0.00458. The van der Waals surface area contributed by atoms with E-state index in [0.717, 1.165) is 12.1 Å². The van der Waals surface area contributed by atoms with Crippen LogP contribution in [0, 0.1) is 0 Å². The van der Waals surface area contributed by atoms with Gasteiger partial charge in [0, 0.05) is 17.3 Å². The lowest BCUT2D eigenvalue weighted by Gasteiger charge is -2.14. The van der Waals surface area contributed by atoms with Crippen molar-refractivity contribution in [2.45, 2.75) is 19.5 Å². The fraction of sp³-hybridized carbons (Fsp3) is 0.500. The van der Waals surface area contributed by atoms with E-state index in [4.69, 9.17) is 18.1 Å². The van der Waals surface area contributed by atoms with Crippen LogP contribution in [-0.4, -0.2) is 16.5 Å². The summed E-state index contributed by atoms with van der Waals surface area (Å²) in [6.07, 6.45) is 2.84. The summed E-state index contributed by atoms with van der Waals surface area (Å²) in [7, 11) is 0. The van der Waals surface area contributed by atoms with Crippen LogP contribution in [0.2, 0.25) is 0 Å². The van der Waals surface area contributed by atoms with Gasteiger partial charge in [-0.3, -0.25) is 5.01 Å². The fourth-order valence-corrected chi connectivity index (χ4v) is 1.07. The minimum Gasteiger partial charge on any atom is -0.362 e. The van der Waals surface area contributed by atoms with E-state index in [9.17, 15) is 0 Å². The Kier molecular flexibility index (Phi) is 2.24. The molecule has 1 aliphatic heterocycles. The number of rotatable bonds is 2. The molecule has 0 spiro atoms. The Hall–Kier alpha value is -0.610. The smallest absolute Gasteiger partial charge is 0.142 e. The molecular formula is C6H11N3S. The second kappa shape index (κ2) is 2.98. The van der Waals surface area contributed by atoms with Crippen molar-refractivity contribution in [3.05, 3.63) is 11.9 Å². The van der Waals surface area contributed by atoms with Gasteiger partial charge >= 0.3 is 0 Å². The molecule has 1 heterocycles. The van der Waals surface area contributed by atoms with Gasteiger partial charge in [-0.1, -0.05) is 19.1 Å². The predicted octanol–water partition coefficient (Wildman–Crippen LogP) is 0.342. The lowest BCUT2D eigenvalue weighted by molar-refractivity contribution is 0.362. The van der Waals surface area contributed by atoms with Gasteiger partial charge in [-0.05, 0) is 6.42 Å². The number of nitrogens with zero attached hydrogens (tertiary/aromatic N) is 1. The third kappa shape index (κ3) is 1.27. The molecule has 0 radical (unpaired) electrons. The molecule has 0 bridgehead atoms. The first-order valence-electron chi connectivity index (χ1n) is 3.23. The Morgan fingerprint density at radius 2 is 2.70 bits per heavy atom. The summed E-state index contributed by atoms with van der Waals surface area (Å²) in [6, 6.07) is 0. The second-order valence-corrected chi connectivity index (χ2v) is 2.45. The Bertz CT molecular complexity index is 166. The topological polar surface area (TPSA) is 41.3 Å². The molecule has 1 atom stereocenters. The van der Waals surface area contributed by atoms with E-state index >= 15 is 0 Å². The molecule has 3 N–H and O–H groups in total. The number of nitrogens with one attached hydrogen (secondary N) is 1. The lowest BCUT2D eigenvalue weighted by atomic mass is 10.4. The average Bonchev–Trinajstić information content (AvgIpc) is 2.30. The summed E-state index contributed by atoms with van der Waals surface area (Å²) >= 11 is 4.75. The summed E-state index contributed by atoms with van der Waals surface area (Å²) in [5, 5.41) is 6.33. The average molecular weight is 157 g/mol. The van der Waals surface area contributed by atoms with Crippen molar-refractivity contribution in [1.29, 1.82) is 0 Å². The van der Waals surface area contributed by atoms with Crippen LogP contribution in [0.25, 0.3) is 0 Å². The summed E-state index contributed by atoms with van der Waals surface area (Å²) in [4.78, 5) is 0. The first kappa shape index (κ1) is 7.50. The van der Waals surface area contributed by atoms with Crippen molar-refractivity contribution in [3.63, 3.8) is 0 Å². The molecule has 0 aromatic carbocycles. The maximum atomic E-state index is 5.55. The zero-order valence-corrected chi connectivity index (χ0v) is 6.69. The van der Waals surface area contributed by atoms with Gasteiger partial charge in [0.25, 0.3) is 0 Å². The van der Waals surface area contributed by atoms with Gasteiger partial charge in [-0.2, -0.15) is 0 Å². The number of allylic oxidation sites excluding steroid dienone is 1. The van der Waals surface area contributed by atoms with Gasteiger partial charge in [0.1, 0.15) is 6.17 Å². The van der Waals surface area contributed by atoms with Crippen LogP contribution in [-0.2, 0) is 0 Å². The van der Waals surface area contributed by atoms with Crippen LogP contribution in [0.15, 0.2) is 11.9 Å². The first-order chi connectivity index (χ1) is 4.77. The zero-order chi connectivity index (χ0) is 7.56. The Labute approximate surface area is 65.8 Å².